The van der Waals surface area contributed by atoms with Crippen molar-refractivity contribution in [2.45, 2.75) is 31.7 Å². The van der Waals surface area contributed by atoms with E-state index in [0.717, 1.165) is 35.2 Å². The summed E-state index contributed by atoms with van der Waals surface area (Å²) in [6.45, 7) is 2.74. The molecule has 0 bridgehead atoms. The first kappa shape index (κ1) is 21.3. The number of likely N-dealkylation sites (tertiary alicyclic amines) is 1. The van der Waals surface area contributed by atoms with E-state index in [2.05, 4.69) is 15.4 Å². The number of aryl methyl sites for hydroxylation is 1. The monoisotopic (exact) mass is 474 g/mol. The number of pyridine rings is 1. The molecule has 1 aliphatic heterocycles. The van der Waals surface area contributed by atoms with Crippen molar-refractivity contribution in [3.63, 3.8) is 0 Å². The second-order valence-electron chi connectivity index (χ2n) is 9.26. The van der Waals surface area contributed by atoms with E-state index in [9.17, 15) is 14.0 Å². The summed E-state index contributed by atoms with van der Waals surface area (Å²) in [5.74, 6) is -0.0797. The molecule has 2 N–H and O–H groups in total. The molecule has 3 aromatic heterocycles. The summed E-state index contributed by atoms with van der Waals surface area (Å²) in [6.07, 6.45) is 8.14. The molecule has 9 nitrogen and oxygen atoms in total. The lowest BCUT2D eigenvalue weighted by Gasteiger charge is -2.37. The van der Waals surface area contributed by atoms with Gasteiger partial charge in [-0.3, -0.25) is 9.20 Å². The zero-order chi connectivity index (χ0) is 24.3. The molecule has 4 aromatic rings. The van der Waals surface area contributed by atoms with E-state index in [4.69, 9.17) is 5.11 Å². The lowest BCUT2D eigenvalue weighted by molar-refractivity contribution is 0.0946. The number of halogens is 1. The number of benzene rings is 1. The van der Waals surface area contributed by atoms with E-state index in [0.29, 0.717) is 24.5 Å². The summed E-state index contributed by atoms with van der Waals surface area (Å²) in [4.78, 5) is 29.4. The van der Waals surface area contributed by atoms with E-state index in [1.54, 1.807) is 30.1 Å². The number of carbonyl (C=O) groups is 2. The van der Waals surface area contributed by atoms with Gasteiger partial charge in [-0.25, -0.2) is 18.9 Å². The first-order valence-electron chi connectivity index (χ1n) is 11.5. The minimum absolute atomic E-state index is 0.0283. The molecule has 10 heteroatoms. The Morgan fingerprint density at radius 3 is 2.69 bits per heavy atom. The van der Waals surface area contributed by atoms with E-state index in [-0.39, 0.29) is 17.5 Å². The van der Waals surface area contributed by atoms with Gasteiger partial charge in [0.15, 0.2) is 5.82 Å². The molecule has 2 fully saturated rings. The van der Waals surface area contributed by atoms with Crippen LogP contribution in [0.4, 0.5) is 9.18 Å². The highest BCUT2D eigenvalue weighted by Gasteiger charge is 2.32. The number of nitrogens with zero attached hydrogens (tertiary/aromatic N) is 5. The Morgan fingerprint density at radius 1 is 1.14 bits per heavy atom. The average molecular weight is 474 g/mol. The van der Waals surface area contributed by atoms with Crippen LogP contribution in [0.1, 0.15) is 40.2 Å². The fourth-order valence-corrected chi connectivity index (χ4v) is 4.48. The Labute approximate surface area is 199 Å². The maximum Gasteiger partial charge on any atom is 0.407 e. The van der Waals surface area contributed by atoms with Crippen molar-refractivity contribution in [3.8, 4) is 16.9 Å². The summed E-state index contributed by atoms with van der Waals surface area (Å²) in [5.41, 5.74) is 4.00. The van der Waals surface area contributed by atoms with Gasteiger partial charge in [0.2, 0.25) is 0 Å². The van der Waals surface area contributed by atoms with Crippen molar-refractivity contribution >= 4 is 17.6 Å². The number of hydrogen-bond acceptors (Lipinski definition) is 4. The highest BCUT2D eigenvalue weighted by atomic mass is 19.1. The Balaban J connectivity index is 1.31. The molecular weight excluding hydrogens is 451 g/mol. The van der Waals surface area contributed by atoms with Crippen LogP contribution in [0.15, 0.2) is 49.1 Å². The van der Waals surface area contributed by atoms with Crippen LogP contribution in [0.25, 0.3) is 22.6 Å². The van der Waals surface area contributed by atoms with Crippen LogP contribution < -0.4 is 5.32 Å². The van der Waals surface area contributed by atoms with Crippen molar-refractivity contribution in [1.29, 1.82) is 0 Å². The van der Waals surface area contributed by atoms with Crippen LogP contribution in [0.5, 0.6) is 0 Å². The number of aromatic nitrogens is 4. The Hall–Kier alpha value is -4.21. The second-order valence-corrected chi connectivity index (χ2v) is 9.26. The fraction of sp³-hybridized carbons (Fsp3) is 0.280. The number of amides is 2. The predicted molar refractivity (Wildman–Crippen MR) is 125 cm³/mol. The van der Waals surface area contributed by atoms with E-state index >= 15 is 0 Å². The molecule has 0 radical (unpaired) electrons. The topological polar surface area (TPSA) is 105 Å². The number of nitrogens with one attached hydrogen (secondary N) is 1. The maximum absolute atomic E-state index is 14.5. The number of rotatable bonds is 5. The number of imidazole rings is 1. The third-order valence-electron chi connectivity index (χ3n) is 6.73. The third kappa shape index (κ3) is 3.80. The smallest absolute Gasteiger partial charge is 0.407 e. The first-order chi connectivity index (χ1) is 16.9. The van der Waals surface area contributed by atoms with Gasteiger partial charge in [0.1, 0.15) is 11.5 Å². The minimum Gasteiger partial charge on any atom is -0.465 e. The van der Waals surface area contributed by atoms with Crippen LogP contribution in [-0.2, 0) is 0 Å². The van der Waals surface area contributed by atoms with Gasteiger partial charge in [0, 0.05) is 43.0 Å². The number of carbonyl (C=O) groups excluding carboxylic acids is 1. The summed E-state index contributed by atoms with van der Waals surface area (Å²) in [5, 5.41) is 16.4. The van der Waals surface area contributed by atoms with E-state index in [1.165, 1.54) is 11.0 Å². The van der Waals surface area contributed by atoms with Gasteiger partial charge in [-0.05, 0) is 54.7 Å². The number of hydrogen-bond donors (Lipinski definition) is 2. The van der Waals surface area contributed by atoms with Crippen molar-refractivity contribution in [2.75, 3.05) is 13.1 Å². The van der Waals surface area contributed by atoms with Crippen LogP contribution >= 0.6 is 0 Å². The molecule has 178 valence electrons. The molecule has 1 saturated carbocycles. The summed E-state index contributed by atoms with van der Waals surface area (Å²) < 4.78 is 18.2. The van der Waals surface area contributed by atoms with E-state index in [1.807, 2.05) is 28.9 Å². The van der Waals surface area contributed by atoms with Crippen LogP contribution in [0.2, 0.25) is 0 Å². The largest absolute Gasteiger partial charge is 0.465 e. The lowest BCUT2D eigenvalue weighted by atomic mass is 9.93. The lowest BCUT2D eigenvalue weighted by Crippen LogP contribution is -2.47. The molecule has 2 aliphatic rings. The van der Waals surface area contributed by atoms with Crippen molar-refractivity contribution in [2.24, 2.45) is 0 Å². The highest BCUT2D eigenvalue weighted by Crippen LogP contribution is 2.30. The minimum atomic E-state index is -0.904. The summed E-state index contributed by atoms with van der Waals surface area (Å²) >= 11 is 0. The molecule has 0 spiro atoms. The first-order valence-corrected chi connectivity index (χ1v) is 11.5. The quantitative estimate of drug-likeness (QED) is 0.460. The highest BCUT2D eigenvalue weighted by molar-refractivity contribution is 5.96. The molecule has 4 heterocycles. The van der Waals surface area contributed by atoms with Gasteiger partial charge in [-0.2, -0.15) is 5.10 Å². The predicted octanol–water partition coefficient (Wildman–Crippen LogP) is 3.60. The Bertz CT molecular complexity index is 1480. The van der Waals surface area contributed by atoms with Gasteiger partial charge < -0.3 is 15.3 Å². The number of fused-ring (bicyclic) bond motifs is 1. The van der Waals surface area contributed by atoms with Crippen LogP contribution in [-0.4, -0.2) is 60.3 Å². The van der Waals surface area contributed by atoms with Gasteiger partial charge in [0.05, 0.1) is 18.0 Å². The molecule has 1 aliphatic carbocycles. The molecule has 1 aromatic carbocycles. The maximum atomic E-state index is 14.5. The van der Waals surface area contributed by atoms with Gasteiger partial charge in [0.25, 0.3) is 5.91 Å². The molecule has 1 saturated heterocycles. The Morgan fingerprint density at radius 2 is 1.94 bits per heavy atom. The SMILES string of the molecule is Cc1cc(F)c(C(=O)NC2CC2)cc1-c1cnn(-c2cnc3ccc(C4CN(C(=O)O)C4)cn23)c1. The molecule has 35 heavy (non-hydrogen) atoms. The normalized spacial score (nSPS) is 15.9. The van der Waals surface area contributed by atoms with Gasteiger partial charge in [-0.15, -0.1) is 0 Å². The Kier molecular flexibility index (Phi) is 4.84. The third-order valence-corrected chi connectivity index (χ3v) is 6.73. The van der Waals surface area contributed by atoms with Crippen LogP contribution in [0.3, 0.4) is 0 Å². The molecular formula is C25H23FN6O3. The summed E-state index contributed by atoms with van der Waals surface area (Å²) in [7, 11) is 0. The van der Waals surface area contributed by atoms with Crippen LogP contribution in [0, 0.1) is 12.7 Å². The molecule has 6 rings (SSSR count). The van der Waals surface area contributed by atoms with Gasteiger partial charge in [-0.1, -0.05) is 6.07 Å². The second kappa shape index (κ2) is 7.93. The molecule has 0 unspecified atom stereocenters. The summed E-state index contributed by atoms with van der Waals surface area (Å²) in [6, 6.07) is 6.98. The number of carboxylic acid groups (broad SMARTS) is 1. The molecule has 2 amide bonds. The standard InChI is InChI=1S/C25H23FN6O3/c1-14-6-21(26)20(24(33)29-18-3-4-18)7-19(14)16-8-28-32(13-16)23-9-27-22-5-2-15(12-31(22)23)17-10-30(11-17)25(34)35/h2,5-9,12-13,17-18H,3-4,10-11H2,1H3,(H,29,33)(H,34,35). The van der Waals surface area contributed by atoms with Crippen molar-refractivity contribution < 1.29 is 19.1 Å². The van der Waals surface area contributed by atoms with E-state index < -0.39 is 17.8 Å². The van der Waals surface area contributed by atoms with Crippen molar-refractivity contribution in [1.82, 2.24) is 29.4 Å². The zero-order valence-corrected chi connectivity index (χ0v) is 19.0. The molecule has 0 atom stereocenters. The zero-order valence-electron chi connectivity index (χ0n) is 19.0. The van der Waals surface area contributed by atoms with Gasteiger partial charge >= 0.3 is 6.09 Å². The average Bonchev–Trinajstić information content (AvgIpc) is 3.29. The fourth-order valence-electron chi connectivity index (χ4n) is 4.48. The van der Waals surface area contributed by atoms with Crippen molar-refractivity contribution in [3.05, 3.63) is 71.6 Å².